The first-order valence-electron chi connectivity index (χ1n) is 9.16. The molecule has 1 unspecified atom stereocenters. The largest absolute Gasteiger partial charge is 0.494 e. The van der Waals surface area contributed by atoms with Crippen molar-refractivity contribution in [1.29, 1.82) is 0 Å². The maximum Gasteiger partial charge on any atom is 0.494 e. The van der Waals surface area contributed by atoms with Crippen molar-refractivity contribution in [3.8, 4) is 0 Å². The Morgan fingerprint density at radius 2 is 1.80 bits per heavy atom. The second-order valence-electron chi connectivity index (χ2n) is 8.45. The van der Waals surface area contributed by atoms with E-state index in [0.717, 1.165) is 11.9 Å². The zero-order valence-corrected chi connectivity index (χ0v) is 15.3. The summed E-state index contributed by atoms with van der Waals surface area (Å²) in [5.74, 6) is 0.419. The van der Waals surface area contributed by atoms with E-state index < -0.39 is 0 Å². The number of hydrogen-bond donors (Lipinski definition) is 0. The van der Waals surface area contributed by atoms with E-state index in [1.165, 1.54) is 27.1 Å². The molecule has 1 aliphatic heterocycles. The molecular weight excluding hydrogens is 307 g/mol. The molecule has 1 saturated heterocycles. The van der Waals surface area contributed by atoms with E-state index in [1.807, 2.05) is 0 Å². The highest BCUT2D eigenvalue weighted by Gasteiger charge is 2.51. The van der Waals surface area contributed by atoms with Crippen LogP contribution in [0.5, 0.6) is 0 Å². The molecule has 4 aliphatic rings. The molecule has 0 N–H and O–H groups in total. The van der Waals surface area contributed by atoms with Gasteiger partial charge in [0.15, 0.2) is 0 Å². The normalized spacial score (nSPS) is 27.0. The van der Waals surface area contributed by atoms with E-state index in [9.17, 15) is 0 Å². The van der Waals surface area contributed by atoms with Crippen molar-refractivity contribution in [2.24, 2.45) is 5.92 Å². The van der Waals surface area contributed by atoms with Crippen molar-refractivity contribution >= 4 is 30.3 Å². The Morgan fingerprint density at radius 1 is 1.04 bits per heavy atom. The summed E-state index contributed by atoms with van der Waals surface area (Å²) in [5, 5.41) is 2.72. The van der Waals surface area contributed by atoms with Gasteiger partial charge in [-0.2, -0.15) is 0 Å². The third-order valence-electron chi connectivity index (χ3n) is 6.34. The molecule has 3 aliphatic carbocycles. The minimum Gasteiger partial charge on any atom is -0.399 e. The minimum atomic E-state index is -0.311. The van der Waals surface area contributed by atoms with Gasteiger partial charge in [0, 0.05) is 5.92 Å². The minimum absolute atomic E-state index is 0.306. The Balaban J connectivity index is 1.68. The zero-order chi connectivity index (χ0) is 17.4. The second kappa shape index (κ2) is 4.87. The summed E-state index contributed by atoms with van der Waals surface area (Å²) in [5.41, 5.74) is 4.71. The van der Waals surface area contributed by atoms with Gasteiger partial charge in [-0.25, -0.2) is 0 Å². The predicted molar refractivity (Wildman–Crippen MR) is 104 cm³/mol. The van der Waals surface area contributed by atoms with Crippen molar-refractivity contribution in [2.75, 3.05) is 0 Å². The maximum absolute atomic E-state index is 6.27. The van der Waals surface area contributed by atoms with Crippen LogP contribution in [0.2, 0.25) is 0 Å². The molecule has 1 aromatic carbocycles. The van der Waals surface area contributed by atoms with Crippen molar-refractivity contribution < 1.29 is 9.31 Å². The van der Waals surface area contributed by atoms with Crippen LogP contribution in [0.4, 0.5) is 0 Å². The fourth-order valence-corrected chi connectivity index (χ4v) is 4.21. The highest BCUT2D eigenvalue weighted by atomic mass is 16.7. The molecule has 0 amide bonds. The second-order valence-corrected chi connectivity index (χ2v) is 8.45. The quantitative estimate of drug-likeness (QED) is 0.737. The van der Waals surface area contributed by atoms with Crippen LogP contribution in [0.25, 0.3) is 17.7 Å². The topological polar surface area (TPSA) is 18.5 Å². The van der Waals surface area contributed by atoms with Gasteiger partial charge in [0.05, 0.1) is 11.2 Å². The Hall–Kier alpha value is -1.84. The van der Waals surface area contributed by atoms with Gasteiger partial charge in [-0.3, -0.25) is 0 Å². The smallest absolute Gasteiger partial charge is 0.399 e. The molecule has 1 heterocycles. The molecule has 0 aromatic heterocycles. The average Bonchev–Trinajstić information content (AvgIpc) is 2.80. The lowest BCUT2D eigenvalue weighted by atomic mass is 9.73. The van der Waals surface area contributed by atoms with Gasteiger partial charge in [0.25, 0.3) is 0 Å². The SMILES string of the molecule is CC1(C)OB(c2cc3c4c(c2)=CCC2=CC=CC(C=C3)C=42)OC1(C)C. The van der Waals surface area contributed by atoms with Crippen LogP contribution in [0, 0.1) is 5.92 Å². The summed E-state index contributed by atoms with van der Waals surface area (Å²) in [7, 11) is -0.306. The molecule has 0 saturated carbocycles. The monoisotopic (exact) mass is 330 g/mol. The molecule has 2 nitrogen and oxygen atoms in total. The van der Waals surface area contributed by atoms with Crippen molar-refractivity contribution in [1.82, 2.24) is 0 Å². The summed E-state index contributed by atoms with van der Waals surface area (Å²) in [6, 6.07) is 4.51. The fraction of sp³-hybridized carbons (Fsp3) is 0.364. The van der Waals surface area contributed by atoms with Gasteiger partial charge < -0.3 is 9.31 Å². The van der Waals surface area contributed by atoms with Crippen molar-refractivity contribution in [3.63, 3.8) is 0 Å². The van der Waals surface area contributed by atoms with E-state index in [4.69, 9.17) is 9.31 Å². The number of benzene rings is 1. The summed E-state index contributed by atoms with van der Waals surface area (Å²) >= 11 is 0. The van der Waals surface area contributed by atoms with Crippen molar-refractivity contribution in [3.05, 3.63) is 58.0 Å². The highest BCUT2D eigenvalue weighted by molar-refractivity contribution is 6.62. The lowest BCUT2D eigenvalue weighted by Gasteiger charge is -2.32. The van der Waals surface area contributed by atoms with Crippen LogP contribution in [-0.2, 0) is 9.31 Å². The lowest BCUT2D eigenvalue weighted by molar-refractivity contribution is 0.00578. The van der Waals surface area contributed by atoms with Gasteiger partial charge in [0.1, 0.15) is 0 Å². The van der Waals surface area contributed by atoms with Crippen LogP contribution in [-0.4, -0.2) is 18.3 Å². The van der Waals surface area contributed by atoms with Gasteiger partial charge in [-0.1, -0.05) is 48.6 Å². The predicted octanol–water partition coefficient (Wildman–Crippen LogP) is 2.46. The summed E-state index contributed by atoms with van der Waals surface area (Å²) in [6.07, 6.45) is 14.7. The molecule has 126 valence electrons. The maximum atomic E-state index is 6.27. The lowest BCUT2D eigenvalue weighted by Crippen LogP contribution is -2.44. The van der Waals surface area contributed by atoms with E-state index in [2.05, 4.69) is 76.3 Å². The standard InChI is InChI=1S/C22H23BO2/c1-21(2)22(3,4)25-23(24-21)18-12-16-10-8-14-6-5-7-15-9-11-17(13-18)20(16)19(14)15/h5-8,10-14H,9H2,1-4H3. The van der Waals surface area contributed by atoms with Crippen LogP contribution in [0.15, 0.2) is 42.0 Å². The summed E-state index contributed by atoms with van der Waals surface area (Å²) < 4.78 is 12.5. The zero-order valence-electron chi connectivity index (χ0n) is 15.3. The Kier molecular flexibility index (Phi) is 3.00. The van der Waals surface area contributed by atoms with Crippen LogP contribution < -0.4 is 15.9 Å². The number of rotatable bonds is 1. The first-order valence-corrected chi connectivity index (χ1v) is 9.16. The molecule has 0 spiro atoms. The summed E-state index contributed by atoms with van der Waals surface area (Å²) in [6.45, 7) is 8.42. The van der Waals surface area contributed by atoms with Gasteiger partial charge in [-0.15, -0.1) is 0 Å². The van der Waals surface area contributed by atoms with Gasteiger partial charge in [0.2, 0.25) is 0 Å². The molecule has 25 heavy (non-hydrogen) atoms. The Morgan fingerprint density at radius 3 is 2.56 bits per heavy atom. The Labute approximate surface area is 149 Å². The average molecular weight is 330 g/mol. The van der Waals surface area contributed by atoms with E-state index in [0.29, 0.717) is 5.92 Å². The highest BCUT2D eigenvalue weighted by Crippen LogP contribution is 2.37. The van der Waals surface area contributed by atoms with Crippen LogP contribution in [0.1, 0.15) is 39.7 Å². The molecule has 5 rings (SSSR count). The first kappa shape index (κ1) is 15.4. The van der Waals surface area contributed by atoms with E-state index in [1.54, 1.807) is 0 Å². The molecular formula is C22H23BO2. The molecule has 1 aromatic rings. The van der Waals surface area contributed by atoms with Gasteiger partial charge in [-0.05, 0) is 66.7 Å². The first-order chi connectivity index (χ1) is 11.9. The van der Waals surface area contributed by atoms with Crippen LogP contribution >= 0.6 is 0 Å². The third kappa shape index (κ3) is 2.12. The van der Waals surface area contributed by atoms with Crippen molar-refractivity contribution in [2.45, 2.75) is 45.3 Å². The molecule has 0 bridgehead atoms. The van der Waals surface area contributed by atoms with Crippen LogP contribution in [0.3, 0.4) is 0 Å². The molecule has 1 fully saturated rings. The summed E-state index contributed by atoms with van der Waals surface area (Å²) in [4.78, 5) is 0. The number of allylic oxidation sites excluding steroid dienone is 5. The third-order valence-corrected chi connectivity index (χ3v) is 6.34. The number of hydrogen-bond acceptors (Lipinski definition) is 2. The molecule has 3 heteroatoms. The van der Waals surface area contributed by atoms with E-state index in [-0.39, 0.29) is 18.3 Å². The molecule has 1 atom stereocenters. The molecule has 0 radical (unpaired) electrons. The van der Waals surface area contributed by atoms with Gasteiger partial charge >= 0.3 is 7.12 Å². The van der Waals surface area contributed by atoms with E-state index >= 15 is 0 Å². The fourth-order valence-electron chi connectivity index (χ4n) is 4.21. The Bertz CT molecular complexity index is 976.